The summed E-state index contributed by atoms with van der Waals surface area (Å²) >= 11 is 0. The number of rotatable bonds is 10. The van der Waals surface area contributed by atoms with Crippen LogP contribution in [0.25, 0.3) is 10.8 Å². The maximum atomic E-state index is 10.6. The maximum absolute atomic E-state index is 10.6. The molecule has 0 aromatic heterocycles. The minimum atomic E-state index is -0.819. The van der Waals surface area contributed by atoms with Crippen LogP contribution in [0.2, 0.25) is 0 Å². The summed E-state index contributed by atoms with van der Waals surface area (Å²) in [5.74, 6) is 0.115. The molecule has 3 nitrogen and oxygen atoms in total. The van der Waals surface area contributed by atoms with E-state index < -0.39 is 5.97 Å². The topological polar surface area (TPSA) is 46.5 Å². The number of hydrogen-bond acceptors (Lipinski definition) is 2. The summed E-state index contributed by atoms with van der Waals surface area (Å²) in [7, 11) is 0. The van der Waals surface area contributed by atoms with Crippen molar-refractivity contribution in [2.24, 2.45) is 0 Å². The second kappa shape index (κ2) is 9.76. The molecule has 0 saturated heterocycles. The van der Waals surface area contributed by atoms with E-state index in [1.54, 1.807) is 6.92 Å². The quantitative estimate of drug-likeness (QED) is 0.457. The largest absolute Gasteiger partial charge is 0.494 e. The first-order valence-electron chi connectivity index (χ1n) is 8.68. The van der Waals surface area contributed by atoms with Crippen LogP contribution in [-0.2, 0) is 4.79 Å². The number of hydrogen-bond donors (Lipinski definition) is 1. The smallest absolute Gasteiger partial charge is 0.330 e. The molecular formula is C21H26O3. The fourth-order valence-electron chi connectivity index (χ4n) is 2.63. The van der Waals surface area contributed by atoms with E-state index in [0.29, 0.717) is 5.57 Å². The van der Waals surface area contributed by atoms with E-state index in [2.05, 4.69) is 24.3 Å². The zero-order valence-electron chi connectivity index (χ0n) is 14.3. The van der Waals surface area contributed by atoms with Gasteiger partial charge in [-0.25, -0.2) is 4.79 Å². The molecule has 3 heteroatoms. The van der Waals surface area contributed by atoms with E-state index in [4.69, 9.17) is 9.84 Å². The van der Waals surface area contributed by atoms with Gasteiger partial charge in [0.15, 0.2) is 0 Å². The highest BCUT2D eigenvalue weighted by Crippen LogP contribution is 2.20. The van der Waals surface area contributed by atoms with Crippen molar-refractivity contribution in [3.63, 3.8) is 0 Å². The maximum Gasteiger partial charge on any atom is 0.330 e. The molecule has 0 aliphatic rings. The summed E-state index contributed by atoms with van der Waals surface area (Å²) in [6, 6.07) is 14.5. The van der Waals surface area contributed by atoms with Crippen LogP contribution in [0.5, 0.6) is 5.75 Å². The SMILES string of the molecule is CC(=CCCCCCCCOc1ccc2ccccc2c1)C(=O)O. The van der Waals surface area contributed by atoms with Crippen molar-refractivity contribution in [2.45, 2.75) is 45.4 Å². The summed E-state index contributed by atoms with van der Waals surface area (Å²) < 4.78 is 5.82. The van der Waals surface area contributed by atoms with Crippen molar-refractivity contribution in [1.29, 1.82) is 0 Å². The fourth-order valence-corrected chi connectivity index (χ4v) is 2.63. The van der Waals surface area contributed by atoms with E-state index in [1.165, 1.54) is 17.2 Å². The van der Waals surface area contributed by atoms with E-state index in [9.17, 15) is 4.79 Å². The molecule has 0 radical (unpaired) electrons. The third kappa shape index (κ3) is 6.07. The van der Waals surface area contributed by atoms with Crippen LogP contribution in [0.3, 0.4) is 0 Å². The van der Waals surface area contributed by atoms with Gasteiger partial charge in [-0.3, -0.25) is 0 Å². The van der Waals surface area contributed by atoms with Crippen molar-refractivity contribution >= 4 is 16.7 Å². The van der Waals surface area contributed by atoms with Gasteiger partial charge in [-0.2, -0.15) is 0 Å². The van der Waals surface area contributed by atoms with Gasteiger partial charge in [0, 0.05) is 5.57 Å². The highest BCUT2D eigenvalue weighted by atomic mass is 16.5. The number of fused-ring (bicyclic) bond motifs is 1. The third-order valence-corrected chi connectivity index (χ3v) is 4.13. The van der Waals surface area contributed by atoms with Crippen LogP contribution in [0.4, 0.5) is 0 Å². The van der Waals surface area contributed by atoms with Crippen LogP contribution in [0.1, 0.15) is 45.4 Å². The molecule has 0 atom stereocenters. The van der Waals surface area contributed by atoms with Gasteiger partial charge in [-0.1, -0.05) is 55.7 Å². The van der Waals surface area contributed by atoms with E-state index in [-0.39, 0.29) is 0 Å². The first kappa shape index (κ1) is 18.1. The minimum absolute atomic E-state index is 0.443. The Kier molecular flexibility index (Phi) is 7.34. The minimum Gasteiger partial charge on any atom is -0.494 e. The molecule has 0 aliphatic heterocycles. The van der Waals surface area contributed by atoms with Gasteiger partial charge < -0.3 is 9.84 Å². The summed E-state index contributed by atoms with van der Waals surface area (Å²) in [6.07, 6.45) is 8.22. The van der Waals surface area contributed by atoms with Crippen LogP contribution >= 0.6 is 0 Å². The lowest BCUT2D eigenvalue weighted by Gasteiger charge is -2.07. The monoisotopic (exact) mass is 326 g/mol. The Bertz CT molecular complexity index is 688. The lowest BCUT2D eigenvalue weighted by molar-refractivity contribution is -0.132. The first-order valence-corrected chi connectivity index (χ1v) is 8.68. The van der Waals surface area contributed by atoms with Crippen molar-refractivity contribution in [2.75, 3.05) is 6.61 Å². The molecule has 24 heavy (non-hydrogen) atoms. The Morgan fingerprint density at radius 3 is 2.50 bits per heavy atom. The second-order valence-electron chi connectivity index (χ2n) is 6.11. The average Bonchev–Trinajstić information content (AvgIpc) is 2.59. The van der Waals surface area contributed by atoms with Gasteiger partial charge in [0.05, 0.1) is 6.61 Å². The average molecular weight is 326 g/mol. The normalized spacial score (nSPS) is 11.6. The standard InChI is InChI=1S/C21H26O3/c1-17(21(22)23)10-6-4-2-3-5-9-15-24-20-14-13-18-11-7-8-12-19(18)16-20/h7-8,10-14,16H,2-6,9,15H2,1H3,(H,22,23). The molecule has 2 aromatic carbocycles. The van der Waals surface area contributed by atoms with Crippen molar-refractivity contribution in [1.82, 2.24) is 0 Å². The number of carboxylic acids is 1. The highest BCUT2D eigenvalue weighted by Gasteiger charge is 1.99. The van der Waals surface area contributed by atoms with E-state index >= 15 is 0 Å². The number of aliphatic carboxylic acids is 1. The van der Waals surface area contributed by atoms with Gasteiger partial charge in [0.2, 0.25) is 0 Å². The van der Waals surface area contributed by atoms with Crippen molar-refractivity contribution in [3.8, 4) is 5.75 Å². The molecule has 0 amide bonds. The summed E-state index contributed by atoms with van der Waals surface area (Å²) in [4.78, 5) is 10.6. The molecule has 0 aliphatic carbocycles. The van der Waals surface area contributed by atoms with E-state index in [0.717, 1.165) is 44.5 Å². The van der Waals surface area contributed by atoms with Gasteiger partial charge >= 0.3 is 5.97 Å². The number of unbranched alkanes of at least 4 members (excludes halogenated alkanes) is 5. The molecule has 1 N–H and O–H groups in total. The number of carbonyl (C=O) groups is 1. The number of allylic oxidation sites excluding steroid dienone is 1. The molecule has 0 fully saturated rings. The zero-order chi connectivity index (χ0) is 17.2. The number of carboxylic acid groups (broad SMARTS) is 1. The van der Waals surface area contributed by atoms with Gasteiger partial charge in [0.25, 0.3) is 0 Å². The third-order valence-electron chi connectivity index (χ3n) is 4.13. The Morgan fingerprint density at radius 2 is 1.71 bits per heavy atom. The first-order chi connectivity index (χ1) is 11.7. The molecule has 2 aromatic rings. The molecule has 0 bridgehead atoms. The van der Waals surface area contributed by atoms with Crippen LogP contribution in [-0.4, -0.2) is 17.7 Å². The lowest BCUT2D eigenvalue weighted by atomic mass is 10.1. The van der Waals surface area contributed by atoms with Gasteiger partial charge in [0.1, 0.15) is 5.75 Å². The van der Waals surface area contributed by atoms with Gasteiger partial charge in [-0.15, -0.1) is 0 Å². The lowest BCUT2D eigenvalue weighted by Crippen LogP contribution is -1.97. The number of benzene rings is 2. The van der Waals surface area contributed by atoms with Crippen LogP contribution in [0.15, 0.2) is 54.1 Å². The Morgan fingerprint density at radius 1 is 1.00 bits per heavy atom. The molecule has 0 saturated carbocycles. The van der Waals surface area contributed by atoms with Crippen LogP contribution < -0.4 is 4.74 Å². The summed E-state index contributed by atoms with van der Waals surface area (Å²) in [6.45, 7) is 2.39. The molecule has 2 rings (SSSR count). The van der Waals surface area contributed by atoms with Gasteiger partial charge in [-0.05, 0) is 49.1 Å². The summed E-state index contributed by atoms with van der Waals surface area (Å²) in [5, 5.41) is 11.2. The Labute approximate surface area is 144 Å². The zero-order valence-corrected chi connectivity index (χ0v) is 14.3. The predicted octanol–water partition coefficient (Wildman–Crippen LogP) is 5.59. The van der Waals surface area contributed by atoms with Crippen molar-refractivity contribution < 1.29 is 14.6 Å². The molecule has 0 heterocycles. The molecule has 0 spiro atoms. The Hall–Kier alpha value is -2.29. The van der Waals surface area contributed by atoms with E-state index in [1.807, 2.05) is 24.3 Å². The second-order valence-corrected chi connectivity index (χ2v) is 6.11. The van der Waals surface area contributed by atoms with Crippen LogP contribution in [0, 0.1) is 0 Å². The molecular weight excluding hydrogens is 300 g/mol. The van der Waals surface area contributed by atoms with Crippen molar-refractivity contribution in [3.05, 3.63) is 54.1 Å². The highest BCUT2D eigenvalue weighted by molar-refractivity contribution is 5.85. The molecule has 0 unspecified atom stereocenters. The fraction of sp³-hybridized carbons (Fsp3) is 0.381. The number of ether oxygens (including phenoxy) is 1. The Balaban J connectivity index is 1.56. The molecule has 128 valence electrons. The summed E-state index contributed by atoms with van der Waals surface area (Å²) in [5.41, 5.74) is 0.443. The predicted molar refractivity (Wildman–Crippen MR) is 98.5 cm³/mol.